The third kappa shape index (κ3) is 4.86. The maximum atomic E-state index is 12.6. The van der Waals surface area contributed by atoms with Crippen molar-refractivity contribution in [3.63, 3.8) is 0 Å². The molecule has 0 atom stereocenters. The first-order valence-corrected chi connectivity index (χ1v) is 12.0. The lowest BCUT2D eigenvalue weighted by Gasteiger charge is -2.14. The van der Waals surface area contributed by atoms with Gasteiger partial charge in [0.15, 0.2) is 5.75 Å². The number of anilines is 2. The van der Waals surface area contributed by atoms with Gasteiger partial charge in [-0.05, 0) is 50.2 Å². The zero-order chi connectivity index (χ0) is 22.1. The molecular weight excluding hydrogens is 448 g/mol. The molecule has 158 valence electrons. The molecule has 3 aromatic rings. The SMILES string of the molecule is Cc1ccc(S(=O)(=O)Nc2cc(Cl)c(O)c(NS(=O)(=O)c3ccc(C)cc3)c2)cc1. The molecule has 0 heterocycles. The standard InChI is InChI=1S/C20H19ClN2O5S2/c1-13-3-7-16(8-4-13)29(25,26)22-15-11-18(21)20(24)19(12-15)23-30(27,28)17-9-5-14(2)6-10-17/h3-12,22-24H,1-2H3. The number of benzene rings is 3. The average Bonchev–Trinajstić information content (AvgIpc) is 2.66. The number of hydrogen-bond acceptors (Lipinski definition) is 5. The molecule has 0 saturated carbocycles. The Balaban J connectivity index is 1.94. The third-order valence-electron chi connectivity index (χ3n) is 4.22. The van der Waals surface area contributed by atoms with Crippen LogP contribution in [-0.4, -0.2) is 21.9 Å². The summed E-state index contributed by atoms with van der Waals surface area (Å²) in [5.74, 6) is -0.523. The van der Waals surface area contributed by atoms with E-state index in [1.807, 2.05) is 13.8 Å². The van der Waals surface area contributed by atoms with Crippen LogP contribution in [0.1, 0.15) is 11.1 Å². The Morgan fingerprint density at radius 1 is 0.733 bits per heavy atom. The van der Waals surface area contributed by atoms with Gasteiger partial charge in [-0.2, -0.15) is 0 Å². The van der Waals surface area contributed by atoms with Gasteiger partial charge in [-0.15, -0.1) is 0 Å². The van der Waals surface area contributed by atoms with Gasteiger partial charge in [0.05, 0.1) is 26.2 Å². The summed E-state index contributed by atoms with van der Waals surface area (Å²) in [5, 5.41) is 9.96. The summed E-state index contributed by atoms with van der Waals surface area (Å²) in [6.07, 6.45) is 0. The Morgan fingerprint density at radius 2 is 1.17 bits per heavy atom. The highest BCUT2D eigenvalue weighted by atomic mass is 35.5. The minimum Gasteiger partial charge on any atom is -0.504 e. The van der Waals surface area contributed by atoms with Crippen molar-refractivity contribution >= 4 is 43.0 Å². The molecule has 0 aliphatic heterocycles. The van der Waals surface area contributed by atoms with Crippen molar-refractivity contribution in [3.05, 3.63) is 76.8 Å². The molecule has 0 saturated heterocycles. The topological polar surface area (TPSA) is 113 Å². The number of aryl methyl sites for hydroxylation is 2. The second kappa shape index (κ2) is 8.17. The highest BCUT2D eigenvalue weighted by molar-refractivity contribution is 7.93. The van der Waals surface area contributed by atoms with Crippen LogP contribution in [0.5, 0.6) is 5.75 Å². The molecule has 0 amide bonds. The van der Waals surface area contributed by atoms with Crippen molar-refractivity contribution in [1.29, 1.82) is 0 Å². The number of sulfonamides is 2. The smallest absolute Gasteiger partial charge is 0.262 e. The lowest BCUT2D eigenvalue weighted by atomic mass is 10.2. The molecule has 0 spiro atoms. The first-order chi connectivity index (χ1) is 14.0. The van der Waals surface area contributed by atoms with Crippen molar-refractivity contribution in [2.45, 2.75) is 23.6 Å². The Morgan fingerprint density at radius 3 is 1.63 bits per heavy atom. The van der Waals surface area contributed by atoms with Crippen molar-refractivity contribution in [2.24, 2.45) is 0 Å². The van der Waals surface area contributed by atoms with E-state index in [2.05, 4.69) is 9.44 Å². The van der Waals surface area contributed by atoms with Crippen LogP contribution in [0.15, 0.2) is 70.5 Å². The quantitative estimate of drug-likeness (QED) is 0.371. The van der Waals surface area contributed by atoms with Gasteiger partial charge in [0.1, 0.15) is 0 Å². The number of rotatable bonds is 6. The Bertz CT molecular complexity index is 1290. The molecule has 0 radical (unpaired) electrons. The van der Waals surface area contributed by atoms with Crippen molar-refractivity contribution in [1.82, 2.24) is 0 Å². The molecule has 7 nitrogen and oxygen atoms in total. The van der Waals surface area contributed by atoms with E-state index in [-0.39, 0.29) is 26.2 Å². The normalized spacial score (nSPS) is 11.8. The van der Waals surface area contributed by atoms with Crippen LogP contribution in [0.25, 0.3) is 0 Å². The number of nitrogens with one attached hydrogen (secondary N) is 2. The molecule has 3 N–H and O–H groups in total. The fraction of sp³-hybridized carbons (Fsp3) is 0.100. The molecule has 3 rings (SSSR count). The molecule has 3 aromatic carbocycles. The van der Waals surface area contributed by atoms with Gasteiger partial charge >= 0.3 is 0 Å². The minimum absolute atomic E-state index is 0.0139. The molecule has 0 bridgehead atoms. The van der Waals surface area contributed by atoms with Crippen LogP contribution < -0.4 is 9.44 Å². The van der Waals surface area contributed by atoms with Crippen LogP contribution >= 0.6 is 11.6 Å². The van der Waals surface area contributed by atoms with Crippen molar-refractivity contribution in [3.8, 4) is 5.75 Å². The largest absolute Gasteiger partial charge is 0.504 e. The highest BCUT2D eigenvalue weighted by Gasteiger charge is 2.20. The number of hydrogen-bond donors (Lipinski definition) is 3. The lowest BCUT2D eigenvalue weighted by Crippen LogP contribution is -2.15. The zero-order valence-corrected chi connectivity index (χ0v) is 18.4. The van der Waals surface area contributed by atoms with E-state index in [9.17, 15) is 21.9 Å². The minimum atomic E-state index is -4.03. The number of aromatic hydroxyl groups is 1. The predicted molar refractivity (Wildman–Crippen MR) is 117 cm³/mol. The summed E-state index contributed by atoms with van der Waals surface area (Å²) < 4.78 is 55.0. The second-order valence-corrected chi connectivity index (χ2v) is 10.5. The molecule has 0 unspecified atom stereocenters. The summed E-state index contributed by atoms with van der Waals surface area (Å²) in [6.45, 7) is 3.65. The Kier molecular flexibility index (Phi) is 5.98. The Hall–Kier alpha value is -2.75. The van der Waals surface area contributed by atoms with Gasteiger partial charge in [-0.25, -0.2) is 16.8 Å². The van der Waals surface area contributed by atoms with Crippen LogP contribution in [0.4, 0.5) is 11.4 Å². The van der Waals surface area contributed by atoms with Crippen LogP contribution in [0, 0.1) is 13.8 Å². The molecule has 30 heavy (non-hydrogen) atoms. The predicted octanol–water partition coefficient (Wildman–Crippen LogP) is 4.26. The number of halogens is 1. The second-order valence-electron chi connectivity index (χ2n) is 6.69. The van der Waals surface area contributed by atoms with Gasteiger partial charge in [0.25, 0.3) is 20.0 Å². The molecule has 0 fully saturated rings. The molecular formula is C20H19ClN2O5S2. The molecule has 10 heteroatoms. The van der Waals surface area contributed by atoms with Gasteiger partial charge in [-0.3, -0.25) is 9.44 Å². The monoisotopic (exact) mass is 466 g/mol. The van der Waals surface area contributed by atoms with Gasteiger partial charge < -0.3 is 5.11 Å². The maximum absolute atomic E-state index is 12.6. The Labute approximate surface area is 180 Å². The van der Waals surface area contributed by atoms with Crippen molar-refractivity contribution in [2.75, 3.05) is 9.44 Å². The van der Waals surface area contributed by atoms with E-state index >= 15 is 0 Å². The highest BCUT2D eigenvalue weighted by Crippen LogP contribution is 2.37. The van der Waals surface area contributed by atoms with E-state index in [0.717, 1.165) is 17.2 Å². The maximum Gasteiger partial charge on any atom is 0.262 e. The summed E-state index contributed by atoms with van der Waals surface area (Å²) >= 11 is 5.99. The van der Waals surface area contributed by atoms with E-state index in [1.54, 1.807) is 24.3 Å². The van der Waals surface area contributed by atoms with E-state index < -0.39 is 25.8 Å². The number of phenols is 1. The lowest BCUT2D eigenvalue weighted by molar-refractivity contribution is 0.478. The van der Waals surface area contributed by atoms with Gasteiger partial charge in [0, 0.05) is 0 Å². The first-order valence-electron chi connectivity index (χ1n) is 8.69. The summed E-state index contributed by atoms with van der Waals surface area (Å²) in [6, 6.07) is 14.6. The molecule has 0 aliphatic rings. The summed E-state index contributed by atoms with van der Waals surface area (Å²) in [4.78, 5) is 0.00773. The van der Waals surface area contributed by atoms with E-state index in [1.165, 1.54) is 30.3 Å². The van der Waals surface area contributed by atoms with Gasteiger partial charge in [-0.1, -0.05) is 47.0 Å². The van der Waals surface area contributed by atoms with Gasteiger partial charge in [0.2, 0.25) is 0 Å². The third-order valence-corrected chi connectivity index (χ3v) is 7.29. The van der Waals surface area contributed by atoms with Crippen LogP contribution in [0.3, 0.4) is 0 Å². The summed E-state index contributed by atoms with van der Waals surface area (Å²) in [5.41, 5.74) is 1.51. The fourth-order valence-electron chi connectivity index (χ4n) is 2.59. The first kappa shape index (κ1) is 21.9. The zero-order valence-electron chi connectivity index (χ0n) is 16.0. The average molecular weight is 467 g/mol. The van der Waals surface area contributed by atoms with E-state index in [4.69, 9.17) is 11.6 Å². The molecule has 0 aromatic heterocycles. The van der Waals surface area contributed by atoms with Crippen LogP contribution in [-0.2, 0) is 20.0 Å². The number of phenolic OH excluding ortho intramolecular Hbond substituents is 1. The summed E-state index contributed by atoms with van der Waals surface area (Å²) in [7, 11) is -7.98. The van der Waals surface area contributed by atoms with Crippen LogP contribution in [0.2, 0.25) is 5.02 Å². The van der Waals surface area contributed by atoms with Crippen molar-refractivity contribution < 1.29 is 21.9 Å². The van der Waals surface area contributed by atoms with E-state index in [0.29, 0.717) is 0 Å². The fourth-order valence-corrected chi connectivity index (χ4v) is 4.91. The molecule has 0 aliphatic carbocycles.